The number of aryl methyl sites for hydroxylation is 2. The number of amides is 2. The van der Waals surface area contributed by atoms with Gasteiger partial charge in [-0.05, 0) is 68.2 Å². The van der Waals surface area contributed by atoms with Gasteiger partial charge in [0.1, 0.15) is 6.04 Å². The average Bonchev–Trinajstić information content (AvgIpc) is 3.61. The van der Waals surface area contributed by atoms with Gasteiger partial charge < -0.3 is 19.6 Å². The fraction of sp³-hybridized carbons (Fsp3) is 0.472. The first-order valence-corrected chi connectivity index (χ1v) is 16.5. The van der Waals surface area contributed by atoms with Crippen LogP contribution in [0.15, 0.2) is 73.8 Å². The number of nitrogens with zero attached hydrogens (tertiary/aromatic N) is 2. The van der Waals surface area contributed by atoms with E-state index in [0.29, 0.717) is 13.0 Å². The molecule has 7 nitrogen and oxygen atoms in total. The van der Waals surface area contributed by atoms with Gasteiger partial charge in [-0.3, -0.25) is 14.4 Å². The van der Waals surface area contributed by atoms with Crippen LogP contribution in [0, 0.1) is 31.6 Å². The topological polar surface area (TPSA) is 87.2 Å². The standard InChI is InChI=1S/C36H44N2O5S/c1-6-8-9-13-19-43-35(42)30-29-21-25(5)36(44-29)31(30)33(40)38(28(22-39)26-14-11-10-12-15-26)32(36)34(41)37(18-7-2)27-20-23(3)16-17-24(27)4/h6-7,10-12,14-17,20,25,28-32,39H,1-2,8-9,13,18-19,21-22H2,3-5H3/t25?,28-,29+,30-,31+,32?,36?/m1/s1. The first-order valence-electron chi connectivity index (χ1n) is 15.6. The van der Waals surface area contributed by atoms with Crippen molar-refractivity contribution in [3.63, 3.8) is 0 Å². The number of fused-ring (bicyclic) bond motifs is 1. The summed E-state index contributed by atoms with van der Waals surface area (Å²) in [4.78, 5) is 46.9. The summed E-state index contributed by atoms with van der Waals surface area (Å²) in [5.74, 6) is -2.23. The highest BCUT2D eigenvalue weighted by atomic mass is 32.2. The van der Waals surface area contributed by atoms with Crippen molar-refractivity contribution >= 4 is 35.2 Å². The van der Waals surface area contributed by atoms with Gasteiger partial charge in [-0.1, -0.05) is 61.5 Å². The zero-order valence-electron chi connectivity index (χ0n) is 26.0. The van der Waals surface area contributed by atoms with Gasteiger partial charge in [-0.2, -0.15) is 0 Å². The van der Waals surface area contributed by atoms with E-state index in [1.807, 2.05) is 68.5 Å². The highest BCUT2D eigenvalue weighted by Crippen LogP contribution is 2.69. The van der Waals surface area contributed by atoms with Crippen LogP contribution in [0.4, 0.5) is 5.69 Å². The number of ether oxygens (including phenoxy) is 1. The molecule has 1 N–H and O–H groups in total. The molecule has 234 valence electrons. The minimum atomic E-state index is -0.896. The number of rotatable bonds is 13. The molecule has 3 heterocycles. The van der Waals surface area contributed by atoms with Crippen molar-refractivity contribution in [3.8, 4) is 0 Å². The molecule has 44 heavy (non-hydrogen) atoms. The summed E-state index contributed by atoms with van der Waals surface area (Å²) in [5, 5.41) is 10.7. The highest BCUT2D eigenvalue weighted by Gasteiger charge is 2.77. The molecule has 3 aliphatic rings. The van der Waals surface area contributed by atoms with Gasteiger partial charge >= 0.3 is 5.97 Å². The number of carbonyl (C=O) groups is 3. The molecule has 3 saturated heterocycles. The minimum absolute atomic E-state index is 0.0126. The van der Waals surface area contributed by atoms with Gasteiger partial charge in [0.05, 0.1) is 35.8 Å². The van der Waals surface area contributed by atoms with E-state index >= 15 is 4.79 Å². The number of allylic oxidation sites excluding steroid dienone is 1. The molecule has 7 atom stereocenters. The SMILES string of the molecule is C=CCCCCOC(=O)[C@@H]1[C@@H]2CC(C)C3(S2)C(C(=O)N(CC=C)c2cc(C)ccc2C)N([C@H](CO)c2ccccc2)C(=O)[C@H]13. The predicted octanol–water partition coefficient (Wildman–Crippen LogP) is 5.79. The number of carbonyl (C=O) groups excluding carboxylic acids is 3. The molecule has 0 radical (unpaired) electrons. The van der Waals surface area contributed by atoms with Crippen LogP contribution in [0.3, 0.4) is 0 Å². The van der Waals surface area contributed by atoms with Gasteiger partial charge in [-0.15, -0.1) is 24.9 Å². The smallest absolute Gasteiger partial charge is 0.310 e. The number of thioether (sulfide) groups is 1. The number of esters is 1. The number of hydrogen-bond acceptors (Lipinski definition) is 6. The molecule has 3 aliphatic heterocycles. The quantitative estimate of drug-likeness (QED) is 0.174. The molecule has 2 bridgehead atoms. The third-order valence-electron chi connectivity index (χ3n) is 9.66. The molecule has 8 heteroatoms. The maximum atomic E-state index is 15.1. The average molecular weight is 617 g/mol. The summed E-state index contributed by atoms with van der Waals surface area (Å²) in [6, 6.07) is 13.7. The Morgan fingerprint density at radius 3 is 2.59 bits per heavy atom. The lowest BCUT2D eigenvalue weighted by atomic mass is 9.66. The van der Waals surface area contributed by atoms with Crippen LogP contribution in [-0.2, 0) is 19.1 Å². The van der Waals surface area contributed by atoms with E-state index in [1.165, 1.54) is 0 Å². The van der Waals surface area contributed by atoms with E-state index < -0.39 is 28.7 Å². The Balaban J connectivity index is 1.60. The first kappa shape index (κ1) is 32.0. The highest BCUT2D eigenvalue weighted by molar-refractivity contribution is 8.02. The lowest BCUT2D eigenvalue weighted by Crippen LogP contribution is -2.58. The van der Waals surface area contributed by atoms with Gasteiger partial charge in [0.15, 0.2) is 0 Å². The normalized spacial score (nSPS) is 27.6. The molecule has 0 aliphatic carbocycles. The van der Waals surface area contributed by atoms with Crippen LogP contribution in [-0.4, -0.2) is 63.6 Å². The lowest BCUT2D eigenvalue weighted by Gasteiger charge is -2.42. The van der Waals surface area contributed by atoms with Gasteiger partial charge in [0.2, 0.25) is 5.91 Å². The maximum absolute atomic E-state index is 15.1. The predicted molar refractivity (Wildman–Crippen MR) is 175 cm³/mol. The van der Waals surface area contributed by atoms with Crippen LogP contribution >= 0.6 is 11.8 Å². The summed E-state index contributed by atoms with van der Waals surface area (Å²) < 4.78 is 4.94. The first-order chi connectivity index (χ1) is 21.2. The van der Waals surface area contributed by atoms with Crippen LogP contribution < -0.4 is 4.90 Å². The van der Waals surface area contributed by atoms with E-state index in [-0.39, 0.29) is 42.1 Å². The summed E-state index contributed by atoms with van der Waals surface area (Å²) in [7, 11) is 0. The Kier molecular flexibility index (Phi) is 9.71. The van der Waals surface area contributed by atoms with Crippen LogP contribution in [0.2, 0.25) is 0 Å². The van der Waals surface area contributed by atoms with Crippen molar-refractivity contribution in [1.29, 1.82) is 0 Å². The molecule has 3 fully saturated rings. The molecule has 2 amide bonds. The lowest BCUT2D eigenvalue weighted by molar-refractivity contribution is -0.155. The number of hydrogen-bond donors (Lipinski definition) is 1. The Hall–Kier alpha value is -3.36. The largest absolute Gasteiger partial charge is 0.465 e. The third kappa shape index (κ3) is 5.40. The number of benzene rings is 2. The second-order valence-corrected chi connectivity index (χ2v) is 13.9. The summed E-state index contributed by atoms with van der Waals surface area (Å²) in [6.07, 6.45) is 6.71. The number of aliphatic hydroxyl groups excluding tert-OH is 1. The molecule has 2 aromatic carbocycles. The maximum Gasteiger partial charge on any atom is 0.310 e. The van der Waals surface area contributed by atoms with Crippen molar-refractivity contribution in [2.75, 3.05) is 24.7 Å². The van der Waals surface area contributed by atoms with Crippen molar-refractivity contribution in [2.45, 2.75) is 68.5 Å². The van der Waals surface area contributed by atoms with Crippen molar-refractivity contribution in [1.82, 2.24) is 4.90 Å². The fourth-order valence-electron chi connectivity index (χ4n) is 7.63. The molecular weight excluding hydrogens is 572 g/mol. The van der Waals surface area contributed by atoms with Crippen LogP contribution in [0.5, 0.6) is 0 Å². The van der Waals surface area contributed by atoms with Gasteiger partial charge in [-0.25, -0.2) is 0 Å². The Morgan fingerprint density at radius 2 is 1.91 bits per heavy atom. The third-order valence-corrected chi connectivity index (χ3v) is 11.7. The second-order valence-electron chi connectivity index (χ2n) is 12.4. The van der Waals surface area contributed by atoms with E-state index in [9.17, 15) is 14.7 Å². The van der Waals surface area contributed by atoms with Crippen molar-refractivity contribution in [2.24, 2.45) is 17.8 Å². The Labute approximate surface area is 265 Å². The van der Waals surface area contributed by atoms with E-state index in [1.54, 1.807) is 27.6 Å². The number of aliphatic hydroxyl groups is 1. The van der Waals surface area contributed by atoms with Crippen LogP contribution in [0.1, 0.15) is 55.3 Å². The van der Waals surface area contributed by atoms with E-state index in [4.69, 9.17) is 4.74 Å². The molecular formula is C36H44N2O5S. The van der Waals surface area contributed by atoms with Crippen molar-refractivity contribution in [3.05, 3.63) is 90.5 Å². The summed E-state index contributed by atoms with van der Waals surface area (Å²) >= 11 is 1.61. The Bertz CT molecular complexity index is 1410. The van der Waals surface area contributed by atoms with Crippen LogP contribution in [0.25, 0.3) is 0 Å². The molecule has 3 unspecified atom stereocenters. The molecule has 5 rings (SSSR count). The molecule has 0 saturated carbocycles. The van der Waals surface area contributed by atoms with Gasteiger partial charge in [0.25, 0.3) is 5.91 Å². The molecule has 1 spiro atoms. The van der Waals surface area contributed by atoms with Crippen molar-refractivity contribution < 1.29 is 24.2 Å². The second kappa shape index (κ2) is 13.3. The van der Waals surface area contributed by atoms with E-state index in [2.05, 4.69) is 20.1 Å². The summed E-state index contributed by atoms with van der Waals surface area (Å²) in [6.45, 7) is 13.9. The van der Waals surface area contributed by atoms with E-state index in [0.717, 1.165) is 41.6 Å². The molecule has 2 aromatic rings. The minimum Gasteiger partial charge on any atom is -0.465 e. The Morgan fingerprint density at radius 1 is 1.16 bits per heavy atom. The molecule has 0 aromatic heterocycles. The monoisotopic (exact) mass is 616 g/mol. The zero-order chi connectivity index (χ0) is 31.6. The zero-order valence-corrected chi connectivity index (χ0v) is 26.8. The number of likely N-dealkylation sites (tertiary alicyclic amines) is 1. The number of anilines is 1. The number of unbranched alkanes of at least 4 members (excludes halogenated alkanes) is 2. The summed E-state index contributed by atoms with van der Waals surface area (Å²) in [5.41, 5.74) is 3.46. The fourth-order valence-corrected chi connectivity index (χ4v) is 10.0. The van der Waals surface area contributed by atoms with Gasteiger partial charge in [0, 0.05) is 17.5 Å².